The van der Waals surface area contributed by atoms with Gasteiger partial charge in [0.2, 0.25) is 11.8 Å². The highest BCUT2D eigenvalue weighted by Crippen LogP contribution is 2.18. The van der Waals surface area contributed by atoms with Crippen LogP contribution in [0.4, 0.5) is 0 Å². The van der Waals surface area contributed by atoms with E-state index in [0.717, 1.165) is 6.42 Å². The molecule has 1 fully saturated rings. The molecule has 1 heterocycles. The Balaban J connectivity index is 1.95. The first kappa shape index (κ1) is 15.5. The van der Waals surface area contributed by atoms with Crippen molar-refractivity contribution in [3.8, 4) is 0 Å². The van der Waals surface area contributed by atoms with Gasteiger partial charge in [-0.05, 0) is 12.0 Å². The normalized spacial score (nSPS) is 18.1. The molecule has 2 rings (SSSR count). The maximum atomic E-state index is 12.5. The maximum absolute atomic E-state index is 12.5. The number of nitrogens with zero attached hydrogens (tertiary/aromatic N) is 2. The van der Waals surface area contributed by atoms with Gasteiger partial charge in [-0.1, -0.05) is 30.3 Å². The number of hydrogen-bond acceptors (Lipinski definition) is 3. The van der Waals surface area contributed by atoms with E-state index < -0.39 is 0 Å². The molecule has 21 heavy (non-hydrogen) atoms. The van der Waals surface area contributed by atoms with Crippen LogP contribution in [-0.4, -0.2) is 54.8 Å². The van der Waals surface area contributed by atoms with Gasteiger partial charge in [0.1, 0.15) is 0 Å². The number of nitrogens with two attached hydrogens (primary N) is 1. The number of benzene rings is 1. The Hall–Kier alpha value is -1.88. The van der Waals surface area contributed by atoms with Crippen LogP contribution in [0.3, 0.4) is 0 Å². The van der Waals surface area contributed by atoms with Crippen molar-refractivity contribution in [2.24, 2.45) is 11.7 Å². The van der Waals surface area contributed by atoms with Crippen LogP contribution in [0.2, 0.25) is 0 Å². The number of likely N-dealkylation sites (tertiary alicyclic amines) is 1. The van der Waals surface area contributed by atoms with Crippen LogP contribution in [-0.2, 0) is 16.0 Å². The summed E-state index contributed by atoms with van der Waals surface area (Å²) in [6.07, 6.45) is 1.13. The van der Waals surface area contributed by atoms with Crippen LogP contribution >= 0.6 is 0 Å². The van der Waals surface area contributed by atoms with Gasteiger partial charge in [-0.25, -0.2) is 0 Å². The predicted molar refractivity (Wildman–Crippen MR) is 81.5 cm³/mol. The van der Waals surface area contributed by atoms with Crippen molar-refractivity contribution in [2.75, 3.05) is 33.2 Å². The van der Waals surface area contributed by atoms with Gasteiger partial charge >= 0.3 is 0 Å². The van der Waals surface area contributed by atoms with E-state index in [1.807, 2.05) is 18.2 Å². The molecule has 0 radical (unpaired) electrons. The van der Waals surface area contributed by atoms with E-state index in [0.29, 0.717) is 32.6 Å². The van der Waals surface area contributed by atoms with Crippen molar-refractivity contribution < 1.29 is 9.59 Å². The second kappa shape index (κ2) is 7.22. The highest BCUT2D eigenvalue weighted by Gasteiger charge is 2.34. The van der Waals surface area contributed by atoms with E-state index in [4.69, 9.17) is 5.73 Å². The lowest BCUT2D eigenvalue weighted by Crippen LogP contribution is -2.41. The zero-order chi connectivity index (χ0) is 15.2. The highest BCUT2D eigenvalue weighted by atomic mass is 16.2. The van der Waals surface area contributed by atoms with E-state index >= 15 is 0 Å². The summed E-state index contributed by atoms with van der Waals surface area (Å²) in [7, 11) is 1.74. The van der Waals surface area contributed by atoms with Gasteiger partial charge in [0.15, 0.2) is 0 Å². The molecule has 1 aromatic rings. The van der Waals surface area contributed by atoms with Gasteiger partial charge in [-0.2, -0.15) is 0 Å². The third-order valence-corrected chi connectivity index (χ3v) is 3.91. The third kappa shape index (κ3) is 4.04. The Morgan fingerprint density at radius 3 is 2.62 bits per heavy atom. The summed E-state index contributed by atoms with van der Waals surface area (Å²) in [5, 5.41) is 0. The molecule has 0 bridgehead atoms. The van der Waals surface area contributed by atoms with Crippen LogP contribution in [0, 0.1) is 5.92 Å². The number of carbonyl (C=O) groups is 2. The molecule has 2 amide bonds. The fourth-order valence-corrected chi connectivity index (χ4v) is 2.68. The van der Waals surface area contributed by atoms with Crippen molar-refractivity contribution in [2.45, 2.75) is 12.8 Å². The molecule has 1 aliphatic rings. The van der Waals surface area contributed by atoms with Crippen molar-refractivity contribution in [1.82, 2.24) is 9.80 Å². The van der Waals surface area contributed by atoms with Gasteiger partial charge in [0, 0.05) is 39.6 Å². The van der Waals surface area contributed by atoms with Crippen LogP contribution < -0.4 is 5.73 Å². The number of carbonyl (C=O) groups excluding carboxylic acids is 2. The minimum Gasteiger partial charge on any atom is -0.345 e. The number of amides is 2. The summed E-state index contributed by atoms with van der Waals surface area (Å²) in [6, 6.07) is 10.1. The van der Waals surface area contributed by atoms with Crippen LogP contribution in [0.5, 0.6) is 0 Å². The molecule has 1 aliphatic heterocycles. The summed E-state index contributed by atoms with van der Waals surface area (Å²) in [5.74, 6) is -0.122. The molecule has 114 valence electrons. The second-order valence-electron chi connectivity index (χ2n) is 5.52. The maximum Gasteiger partial charge on any atom is 0.228 e. The Morgan fingerprint density at radius 2 is 2.05 bits per heavy atom. The first-order valence-electron chi connectivity index (χ1n) is 7.38. The van der Waals surface area contributed by atoms with Crippen molar-refractivity contribution in [3.05, 3.63) is 35.9 Å². The summed E-state index contributed by atoms with van der Waals surface area (Å²) in [4.78, 5) is 27.5. The van der Waals surface area contributed by atoms with Gasteiger partial charge in [0.25, 0.3) is 0 Å². The molecular weight excluding hydrogens is 266 g/mol. The zero-order valence-electron chi connectivity index (χ0n) is 12.5. The molecule has 0 spiro atoms. The summed E-state index contributed by atoms with van der Waals surface area (Å²) in [6.45, 7) is 2.15. The van der Waals surface area contributed by atoms with Gasteiger partial charge in [-0.15, -0.1) is 0 Å². The van der Waals surface area contributed by atoms with E-state index in [1.165, 1.54) is 5.56 Å². The Labute approximate surface area is 125 Å². The Kier molecular flexibility index (Phi) is 5.33. The summed E-state index contributed by atoms with van der Waals surface area (Å²) in [5.41, 5.74) is 6.82. The molecule has 2 N–H and O–H groups in total. The van der Waals surface area contributed by atoms with Gasteiger partial charge in [-0.3, -0.25) is 9.59 Å². The lowest BCUT2D eigenvalue weighted by atomic mass is 10.1. The summed E-state index contributed by atoms with van der Waals surface area (Å²) >= 11 is 0. The lowest BCUT2D eigenvalue weighted by molar-refractivity contribution is -0.135. The monoisotopic (exact) mass is 289 g/mol. The number of hydrogen-bond donors (Lipinski definition) is 1. The topological polar surface area (TPSA) is 66.6 Å². The van der Waals surface area contributed by atoms with Crippen molar-refractivity contribution in [3.63, 3.8) is 0 Å². The van der Waals surface area contributed by atoms with Crippen LogP contribution in [0.15, 0.2) is 30.3 Å². The fraction of sp³-hybridized carbons (Fsp3) is 0.500. The first-order chi connectivity index (χ1) is 10.1. The van der Waals surface area contributed by atoms with Crippen LogP contribution in [0.1, 0.15) is 12.0 Å². The molecular formula is C16H23N3O2. The van der Waals surface area contributed by atoms with E-state index in [1.54, 1.807) is 16.8 Å². The standard InChI is InChI=1S/C16H23N3O2/c1-18-12-14(11-15(18)20)16(21)19(10-8-17)9-7-13-5-3-2-4-6-13/h2-6,14H,7-12,17H2,1H3. The summed E-state index contributed by atoms with van der Waals surface area (Å²) < 4.78 is 0. The average Bonchev–Trinajstić information content (AvgIpc) is 2.83. The zero-order valence-corrected chi connectivity index (χ0v) is 12.5. The van der Waals surface area contributed by atoms with E-state index in [2.05, 4.69) is 12.1 Å². The Morgan fingerprint density at radius 1 is 1.33 bits per heavy atom. The van der Waals surface area contributed by atoms with Gasteiger partial charge in [0.05, 0.1) is 5.92 Å². The molecule has 0 saturated carbocycles. The van der Waals surface area contributed by atoms with Crippen molar-refractivity contribution >= 4 is 11.8 Å². The smallest absolute Gasteiger partial charge is 0.228 e. The van der Waals surface area contributed by atoms with E-state index in [9.17, 15) is 9.59 Å². The minimum atomic E-state index is -0.218. The second-order valence-corrected chi connectivity index (χ2v) is 5.52. The highest BCUT2D eigenvalue weighted by molar-refractivity contribution is 5.89. The lowest BCUT2D eigenvalue weighted by Gasteiger charge is -2.25. The van der Waals surface area contributed by atoms with Gasteiger partial charge < -0.3 is 15.5 Å². The molecule has 1 unspecified atom stereocenters. The average molecular weight is 289 g/mol. The van der Waals surface area contributed by atoms with E-state index in [-0.39, 0.29) is 17.7 Å². The minimum absolute atomic E-state index is 0.0455. The fourth-order valence-electron chi connectivity index (χ4n) is 2.68. The first-order valence-corrected chi connectivity index (χ1v) is 7.38. The molecule has 0 aromatic heterocycles. The predicted octanol–water partition coefficient (Wildman–Crippen LogP) is 0.495. The molecule has 1 atom stereocenters. The molecule has 0 aliphatic carbocycles. The molecule has 5 nitrogen and oxygen atoms in total. The quantitative estimate of drug-likeness (QED) is 0.829. The SMILES string of the molecule is CN1CC(C(=O)N(CCN)CCc2ccccc2)CC1=O. The molecule has 1 saturated heterocycles. The van der Waals surface area contributed by atoms with Crippen molar-refractivity contribution in [1.29, 1.82) is 0 Å². The molecule has 1 aromatic carbocycles. The largest absolute Gasteiger partial charge is 0.345 e. The Bertz CT molecular complexity index is 490. The third-order valence-electron chi connectivity index (χ3n) is 3.91. The number of rotatable bonds is 6. The molecule has 5 heteroatoms. The van der Waals surface area contributed by atoms with Crippen LogP contribution in [0.25, 0.3) is 0 Å².